The highest BCUT2D eigenvalue weighted by Gasteiger charge is 2.41. The molecular formula is C18H21NO7S. The molecule has 1 fully saturated rings. The molecule has 146 valence electrons. The number of methoxy groups -OCH3 is 3. The standard InChI is InChI=1S/C18H21NO7S/c1-6-26-17(21)10(2)19-16(20)14(27-18(19)22)9-11-7-12(23-3)15(25-5)13(8-11)24-4/h7-10H,6H2,1-5H3/b14-9+/t10-/m0/s1. The molecule has 0 unspecified atom stereocenters. The van der Waals surface area contributed by atoms with Crippen molar-refractivity contribution in [3.8, 4) is 17.2 Å². The van der Waals surface area contributed by atoms with E-state index < -0.39 is 23.2 Å². The number of rotatable bonds is 7. The van der Waals surface area contributed by atoms with Gasteiger partial charge < -0.3 is 18.9 Å². The van der Waals surface area contributed by atoms with Crippen LogP contribution in [0.1, 0.15) is 19.4 Å². The molecule has 0 aromatic heterocycles. The topological polar surface area (TPSA) is 91.4 Å². The predicted octanol–water partition coefficient (Wildman–Crippen LogP) is 2.70. The molecule has 0 radical (unpaired) electrons. The maximum Gasteiger partial charge on any atom is 0.329 e. The molecular weight excluding hydrogens is 374 g/mol. The van der Waals surface area contributed by atoms with Gasteiger partial charge in [0.15, 0.2) is 11.5 Å². The highest BCUT2D eigenvalue weighted by atomic mass is 32.2. The predicted molar refractivity (Wildman–Crippen MR) is 100 cm³/mol. The zero-order valence-electron chi connectivity index (χ0n) is 15.7. The highest BCUT2D eigenvalue weighted by molar-refractivity contribution is 8.18. The number of thioether (sulfide) groups is 1. The first-order valence-corrected chi connectivity index (χ1v) is 8.93. The molecule has 1 saturated heterocycles. The van der Waals surface area contributed by atoms with Crippen LogP contribution in [0.3, 0.4) is 0 Å². The largest absolute Gasteiger partial charge is 0.493 e. The summed E-state index contributed by atoms with van der Waals surface area (Å²) in [7, 11) is 4.45. The third-order valence-corrected chi connectivity index (χ3v) is 4.71. The number of imide groups is 1. The van der Waals surface area contributed by atoms with E-state index in [1.807, 2.05) is 0 Å². The van der Waals surface area contributed by atoms with Crippen molar-refractivity contribution in [1.29, 1.82) is 0 Å². The first-order chi connectivity index (χ1) is 12.9. The third-order valence-electron chi connectivity index (χ3n) is 3.82. The maximum absolute atomic E-state index is 12.6. The van der Waals surface area contributed by atoms with Crippen LogP contribution in [-0.2, 0) is 14.3 Å². The Hall–Kier alpha value is -2.68. The van der Waals surface area contributed by atoms with Crippen LogP contribution in [0.2, 0.25) is 0 Å². The minimum absolute atomic E-state index is 0.167. The van der Waals surface area contributed by atoms with Crippen molar-refractivity contribution in [2.75, 3.05) is 27.9 Å². The lowest BCUT2D eigenvalue weighted by atomic mass is 10.1. The molecule has 2 amide bonds. The normalized spacial score (nSPS) is 16.5. The van der Waals surface area contributed by atoms with Crippen LogP contribution in [0.15, 0.2) is 17.0 Å². The molecule has 8 nitrogen and oxygen atoms in total. The van der Waals surface area contributed by atoms with Crippen LogP contribution in [0, 0.1) is 0 Å². The summed E-state index contributed by atoms with van der Waals surface area (Å²) >= 11 is 0.755. The van der Waals surface area contributed by atoms with Crippen LogP contribution >= 0.6 is 11.8 Å². The van der Waals surface area contributed by atoms with E-state index in [4.69, 9.17) is 18.9 Å². The average molecular weight is 395 g/mol. The summed E-state index contributed by atoms with van der Waals surface area (Å²) in [5.41, 5.74) is 0.582. The van der Waals surface area contributed by atoms with Gasteiger partial charge >= 0.3 is 5.97 Å². The number of esters is 1. The Morgan fingerprint density at radius 2 is 1.74 bits per heavy atom. The van der Waals surface area contributed by atoms with Gasteiger partial charge in [0, 0.05) is 0 Å². The van der Waals surface area contributed by atoms with Crippen molar-refractivity contribution in [2.24, 2.45) is 0 Å². The number of carbonyl (C=O) groups is 3. The van der Waals surface area contributed by atoms with Gasteiger partial charge in [-0.05, 0) is 49.4 Å². The van der Waals surface area contributed by atoms with Crippen molar-refractivity contribution >= 4 is 35.0 Å². The lowest BCUT2D eigenvalue weighted by molar-refractivity contribution is -0.150. The van der Waals surface area contributed by atoms with E-state index in [0.29, 0.717) is 22.8 Å². The number of benzene rings is 1. The van der Waals surface area contributed by atoms with Crippen LogP contribution in [-0.4, -0.2) is 56.0 Å². The highest BCUT2D eigenvalue weighted by Crippen LogP contribution is 2.40. The zero-order valence-corrected chi connectivity index (χ0v) is 16.5. The minimum atomic E-state index is -0.997. The molecule has 0 bridgehead atoms. The summed E-state index contributed by atoms with van der Waals surface area (Å²) in [5.74, 6) is 0.0683. The summed E-state index contributed by atoms with van der Waals surface area (Å²) in [4.78, 5) is 37.8. The smallest absolute Gasteiger partial charge is 0.329 e. The summed E-state index contributed by atoms with van der Waals surface area (Å²) in [6.07, 6.45) is 1.53. The average Bonchev–Trinajstić information content (AvgIpc) is 2.93. The molecule has 2 rings (SSSR count). The molecule has 1 aliphatic heterocycles. The monoisotopic (exact) mass is 395 g/mol. The number of amides is 2. The van der Waals surface area contributed by atoms with Gasteiger partial charge in [-0.2, -0.15) is 0 Å². The number of hydrogen-bond donors (Lipinski definition) is 0. The Balaban J connectivity index is 2.36. The molecule has 0 saturated carbocycles. The van der Waals surface area contributed by atoms with E-state index in [-0.39, 0.29) is 11.5 Å². The van der Waals surface area contributed by atoms with Crippen molar-refractivity contribution in [2.45, 2.75) is 19.9 Å². The Labute approximate surface area is 161 Å². The lowest BCUT2D eigenvalue weighted by Crippen LogP contribution is -2.42. The number of nitrogens with zero attached hydrogens (tertiary/aromatic N) is 1. The van der Waals surface area contributed by atoms with Crippen LogP contribution < -0.4 is 14.2 Å². The second-order valence-electron chi connectivity index (χ2n) is 5.44. The summed E-state index contributed by atoms with van der Waals surface area (Å²) in [5, 5.41) is -0.528. The molecule has 1 heterocycles. The Bertz CT molecular complexity index is 765. The SMILES string of the molecule is CCOC(=O)[C@H](C)N1C(=O)S/C(=C/c2cc(OC)c(OC)c(OC)c2)C1=O. The van der Waals surface area contributed by atoms with E-state index in [0.717, 1.165) is 16.7 Å². The fraction of sp³-hybridized carbons (Fsp3) is 0.389. The fourth-order valence-electron chi connectivity index (χ4n) is 2.52. The van der Waals surface area contributed by atoms with Crippen LogP contribution in [0.5, 0.6) is 17.2 Å². The summed E-state index contributed by atoms with van der Waals surface area (Å²) in [6, 6.07) is 2.32. The lowest BCUT2D eigenvalue weighted by Gasteiger charge is -2.19. The second kappa shape index (κ2) is 8.81. The third kappa shape index (κ3) is 4.19. The number of ether oxygens (including phenoxy) is 4. The number of hydrogen-bond acceptors (Lipinski definition) is 8. The van der Waals surface area contributed by atoms with Crippen LogP contribution in [0.4, 0.5) is 4.79 Å². The van der Waals surface area contributed by atoms with E-state index in [1.54, 1.807) is 19.1 Å². The minimum Gasteiger partial charge on any atom is -0.493 e. The van der Waals surface area contributed by atoms with E-state index >= 15 is 0 Å². The van der Waals surface area contributed by atoms with Gasteiger partial charge in [0.05, 0.1) is 32.8 Å². The van der Waals surface area contributed by atoms with E-state index in [9.17, 15) is 14.4 Å². The quantitative estimate of drug-likeness (QED) is 0.514. The molecule has 0 aliphatic carbocycles. The molecule has 0 spiro atoms. The molecule has 1 atom stereocenters. The first kappa shape index (κ1) is 20.6. The van der Waals surface area contributed by atoms with Crippen molar-refractivity contribution < 1.29 is 33.3 Å². The van der Waals surface area contributed by atoms with Gasteiger partial charge in [0.1, 0.15) is 6.04 Å². The van der Waals surface area contributed by atoms with Crippen molar-refractivity contribution in [1.82, 2.24) is 4.90 Å². The molecule has 1 aliphatic rings. The molecule has 1 aromatic carbocycles. The van der Waals surface area contributed by atoms with Crippen LogP contribution in [0.25, 0.3) is 6.08 Å². The van der Waals surface area contributed by atoms with Crippen molar-refractivity contribution in [3.63, 3.8) is 0 Å². The van der Waals surface area contributed by atoms with Gasteiger partial charge in [-0.3, -0.25) is 14.5 Å². The number of carbonyl (C=O) groups excluding carboxylic acids is 3. The zero-order chi connectivity index (χ0) is 20.1. The van der Waals surface area contributed by atoms with Gasteiger partial charge in [0.25, 0.3) is 11.1 Å². The van der Waals surface area contributed by atoms with Gasteiger partial charge in [0.2, 0.25) is 5.75 Å². The second-order valence-corrected chi connectivity index (χ2v) is 6.43. The maximum atomic E-state index is 12.6. The van der Waals surface area contributed by atoms with Gasteiger partial charge in [-0.1, -0.05) is 0 Å². The van der Waals surface area contributed by atoms with Gasteiger partial charge in [-0.25, -0.2) is 4.79 Å². The Kier molecular flexibility index (Phi) is 6.73. The van der Waals surface area contributed by atoms with Gasteiger partial charge in [-0.15, -0.1) is 0 Å². The Morgan fingerprint density at radius 3 is 2.22 bits per heavy atom. The first-order valence-electron chi connectivity index (χ1n) is 8.11. The molecule has 1 aromatic rings. The fourth-order valence-corrected chi connectivity index (χ4v) is 3.43. The molecule has 27 heavy (non-hydrogen) atoms. The van der Waals surface area contributed by atoms with E-state index in [1.165, 1.54) is 34.3 Å². The van der Waals surface area contributed by atoms with Crippen molar-refractivity contribution in [3.05, 3.63) is 22.6 Å². The summed E-state index contributed by atoms with van der Waals surface area (Å²) < 4.78 is 20.7. The Morgan fingerprint density at radius 1 is 1.15 bits per heavy atom. The molecule has 9 heteroatoms. The van der Waals surface area contributed by atoms with E-state index in [2.05, 4.69) is 0 Å². The molecule has 0 N–H and O–H groups in total. The summed E-state index contributed by atoms with van der Waals surface area (Å²) in [6.45, 7) is 3.28.